The maximum Gasteiger partial charge on any atom is 0.0332 e. The van der Waals surface area contributed by atoms with Gasteiger partial charge in [-0.2, -0.15) is 0 Å². The van der Waals surface area contributed by atoms with Crippen molar-refractivity contribution in [2.75, 3.05) is 47.3 Å². The summed E-state index contributed by atoms with van der Waals surface area (Å²) in [5.41, 5.74) is 1.37. The van der Waals surface area contributed by atoms with E-state index in [9.17, 15) is 0 Å². The van der Waals surface area contributed by atoms with Gasteiger partial charge in [0, 0.05) is 10.5 Å². The van der Waals surface area contributed by atoms with E-state index in [2.05, 4.69) is 83.4 Å². The van der Waals surface area contributed by atoms with Gasteiger partial charge >= 0.3 is 0 Å². The maximum atomic E-state index is 3.60. The molecule has 0 bridgehead atoms. The Morgan fingerprint density at radius 1 is 1.14 bits per heavy atom. The monoisotopic (exact) mass is 355 g/mol. The molecule has 4 heteroatoms. The zero-order valence-electron chi connectivity index (χ0n) is 13.9. The first-order valence-corrected chi connectivity index (χ1v) is 8.64. The van der Waals surface area contributed by atoms with E-state index in [1.165, 1.54) is 12.0 Å². The Bertz CT molecular complexity index is 395. The first-order chi connectivity index (χ1) is 10.0. The van der Waals surface area contributed by atoms with Gasteiger partial charge in [-0.1, -0.05) is 35.0 Å². The third-order valence-electron chi connectivity index (χ3n) is 3.65. The van der Waals surface area contributed by atoms with Crippen LogP contribution in [0.15, 0.2) is 28.7 Å². The number of nitrogens with zero attached hydrogens (tertiary/aromatic N) is 2. The van der Waals surface area contributed by atoms with Gasteiger partial charge in [0.1, 0.15) is 0 Å². The molecule has 0 amide bonds. The predicted octanol–water partition coefficient (Wildman–Crippen LogP) is 3.37. The molecule has 21 heavy (non-hydrogen) atoms. The van der Waals surface area contributed by atoms with Crippen molar-refractivity contribution in [1.82, 2.24) is 15.1 Å². The molecule has 1 rings (SSSR count). The van der Waals surface area contributed by atoms with Crippen molar-refractivity contribution in [1.29, 1.82) is 0 Å². The van der Waals surface area contributed by atoms with Crippen LogP contribution in [0.2, 0.25) is 0 Å². The second-order valence-electron chi connectivity index (χ2n) is 5.91. The van der Waals surface area contributed by atoms with Crippen LogP contribution in [0, 0.1) is 0 Å². The lowest BCUT2D eigenvalue weighted by molar-refractivity contribution is 0.284. The van der Waals surface area contributed by atoms with Crippen molar-refractivity contribution < 1.29 is 0 Å². The van der Waals surface area contributed by atoms with Crippen molar-refractivity contribution in [3.05, 3.63) is 34.3 Å². The molecule has 0 saturated heterocycles. The number of nitrogens with one attached hydrogen (secondary N) is 1. The number of halogens is 1. The topological polar surface area (TPSA) is 18.5 Å². The van der Waals surface area contributed by atoms with Crippen LogP contribution in [0.1, 0.15) is 31.4 Å². The van der Waals surface area contributed by atoms with Crippen molar-refractivity contribution in [2.24, 2.45) is 0 Å². The Labute approximate surface area is 138 Å². The first-order valence-electron chi connectivity index (χ1n) is 7.85. The SMILES string of the molecule is CCNC(CCN(C)CCCN(C)C)c1cccc(Br)c1. The summed E-state index contributed by atoms with van der Waals surface area (Å²) >= 11 is 3.57. The summed E-state index contributed by atoms with van der Waals surface area (Å²) in [7, 11) is 6.49. The standard InChI is InChI=1S/C17H30BrN3/c1-5-19-17(15-8-6-9-16(18)14-15)10-13-21(4)12-7-11-20(2)3/h6,8-9,14,17,19H,5,7,10-13H2,1-4H3. The van der Waals surface area contributed by atoms with Crippen LogP contribution in [0.25, 0.3) is 0 Å². The van der Waals surface area contributed by atoms with E-state index in [-0.39, 0.29) is 0 Å². The molecule has 0 fully saturated rings. The summed E-state index contributed by atoms with van der Waals surface area (Å²) < 4.78 is 1.15. The van der Waals surface area contributed by atoms with Gasteiger partial charge in [0.25, 0.3) is 0 Å². The minimum Gasteiger partial charge on any atom is -0.310 e. The molecule has 1 N–H and O–H groups in total. The normalized spacial score (nSPS) is 13.1. The lowest BCUT2D eigenvalue weighted by Crippen LogP contribution is -2.29. The average molecular weight is 356 g/mol. The maximum absolute atomic E-state index is 3.60. The van der Waals surface area contributed by atoms with E-state index in [1.54, 1.807) is 0 Å². The molecule has 0 aromatic heterocycles. The minimum atomic E-state index is 0.434. The third-order valence-corrected chi connectivity index (χ3v) is 4.14. The number of benzene rings is 1. The fourth-order valence-electron chi connectivity index (χ4n) is 2.47. The number of hydrogen-bond acceptors (Lipinski definition) is 3. The smallest absolute Gasteiger partial charge is 0.0332 e. The van der Waals surface area contributed by atoms with Gasteiger partial charge in [-0.15, -0.1) is 0 Å². The third kappa shape index (κ3) is 7.96. The predicted molar refractivity (Wildman–Crippen MR) is 95.8 cm³/mol. The van der Waals surface area contributed by atoms with Crippen molar-refractivity contribution in [2.45, 2.75) is 25.8 Å². The number of hydrogen-bond donors (Lipinski definition) is 1. The van der Waals surface area contributed by atoms with Gasteiger partial charge in [-0.3, -0.25) is 0 Å². The molecule has 0 spiro atoms. The molecule has 0 saturated carbocycles. The average Bonchev–Trinajstić information content (AvgIpc) is 2.43. The molecule has 1 atom stereocenters. The highest BCUT2D eigenvalue weighted by Crippen LogP contribution is 2.21. The van der Waals surface area contributed by atoms with Crippen LogP contribution in [0.4, 0.5) is 0 Å². The summed E-state index contributed by atoms with van der Waals surface area (Å²) in [6.07, 6.45) is 2.37. The van der Waals surface area contributed by atoms with Crippen LogP contribution in [0.3, 0.4) is 0 Å². The molecule has 3 nitrogen and oxygen atoms in total. The van der Waals surface area contributed by atoms with Gasteiger partial charge in [-0.05, 0) is 77.9 Å². The molecule has 1 aromatic carbocycles. The van der Waals surface area contributed by atoms with Crippen molar-refractivity contribution in [3.8, 4) is 0 Å². The van der Waals surface area contributed by atoms with E-state index < -0.39 is 0 Å². The van der Waals surface area contributed by atoms with E-state index >= 15 is 0 Å². The second kappa shape index (κ2) is 10.3. The molecule has 0 aliphatic heterocycles. The van der Waals surface area contributed by atoms with Gasteiger partial charge in [-0.25, -0.2) is 0 Å². The summed E-state index contributed by atoms with van der Waals surface area (Å²) in [4.78, 5) is 4.68. The highest BCUT2D eigenvalue weighted by molar-refractivity contribution is 9.10. The van der Waals surface area contributed by atoms with E-state index in [0.717, 1.165) is 37.1 Å². The van der Waals surface area contributed by atoms with Crippen molar-refractivity contribution >= 4 is 15.9 Å². The van der Waals surface area contributed by atoms with Gasteiger partial charge < -0.3 is 15.1 Å². The summed E-state index contributed by atoms with van der Waals surface area (Å²) in [6.45, 7) is 6.62. The van der Waals surface area contributed by atoms with Crippen LogP contribution >= 0.6 is 15.9 Å². The Morgan fingerprint density at radius 2 is 1.90 bits per heavy atom. The van der Waals surface area contributed by atoms with Crippen LogP contribution in [-0.2, 0) is 0 Å². The van der Waals surface area contributed by atoms with Gasteiger partial charge in [0.15, 0.2) is 0 Å². The number of rotatable bonds is 10. The Morgan fingerprint density at radius 3 is 2.52 bits per heavy atom. The zero-order valence-corrected chi connectivity index (χ0v) is 15.5. The molecule has 120 valence electrons. The zero-order chi connectivity index (χ0) is 15.7. The van der Waals surface area contributed by atoms with Gasteiger partial charge in [0.05, 0.1) is 0 Å². The van der Waals surface area contributed by atoms with E-state index in [0.29, 0.717) is 6.04 Å². The highest BCUT2D eigenvalue weighted by Gasteiger charge is 2.11. The lowest BCUT2D eigenvalue weighted by Gasteiger charge is -2.23. The molecule has 0 aliphatic rings. The van der Waals surface area contributed by atoms with Crippen molar-refractivity contribution in [3.63, 3.8) is 0 Å². The summed E-state index contributed by atoms with van der Waals surface area (Å²) in [5.74, 6) is 0. The first kappa shape index (κ1) is 18.6. The quantitative estimate of drug-likeness (QED) is 0.693. The van der Waals surface area contributed by atoms with Crippen LogP contribution in [0.5, 0.6) is 0 Å². The molecule has 1 aromatic rings. The Balaban J connectivity index is 2.44. The van der Waals surface area contributed by atoms with E-state index in [4.69, 9.17) is 0 Å². The Hall–Kier alpha value is -0.420. The van der Waals surface area contributed by atoms with E-state index in [1.807, 2.05) is 0 Å². The largest absolute Gasteiger partial charge is 0.310 e. The molecular weight excluding hydrogens is 326 g/mol. The molecule has 0 heterocycles. The molecular formula is C17H30BrN3. The fourth-order valence-corrected chi connectivity index (χ4v) is 2.89. The van der Waals surface area contributed by atoms with Crippen LogP contribution in [-0.4, -0.2) is 57.1 Å². The second-order valence-corrected chi connectivity index (χ2v) is 6.83. The Kier molecular flexibility index (Phi) is 9.16. The summed E-state index contributed by atoms with van der Waals surface area (Å²) in [5, 5.41) is 3.60. The highest BCUT2D eigenvalue weighted by atomic mass is 79.9. The lowest BCUT2D eigenvalue weighted by atomic mass is 10.0. The minimum absolute atomic E-state index is 0.434. The molecule has 1 unspecified atom stereocenters. The van der Waals surface area contributed by atoms with Crippen LogP contribution < -0.4 is 5.32 Å². The summed E-state index contributed by atoms with van der Waals surface area (Å²) in [6, 6.07) is 9.07. The molecule has 0 aliphatic carbocycles. The molecule has 0 radical (unpaired) electrons. The van der Waals surface area contributed by atoms with Gasteiger partial charge in [0.2, 0.25) is 0 Å². The fraction of sp³-hybridized carbons (Fsp3) is 0.647.